The number of carbonyl (C=O) groups is 3. The number of hydrogen-bond donors (Lipinski definition) is 4. The van der Waals surface area contributed by atoms with Crippen molar-refractivity contribution >= 4 is 63.8 Å². The van der Waals surface area contributed by atoms with Crippen LogP contribution in [-0.4, -0.2) is 28.9 Å². The molecule has 0 radical (unpaired) electrons. The minimum Gasteiger partial charge on any atom is -0.543 e. The van der Waals surface area contributed by atoms with Gasteiger partial charge in [-0.15, -0.1) is 0 Å². The summed E-state index contributed by atoms with van der Waals surface area (Å²) < 4.78 is 0. The zero-order valence-corrected chi connectivity index (χ0v) is 21.7. The molecule has 4 rings (SSSR count). The Hall–Kier alpha value is -2.49. The smallest absolute Gasteiger partial charge is 0.543 e. The van der Waals surface area contributed by atoms with E-state index in [1.54, 1.807) is 30.3 Å². The molecule has 1 aliphatic rings. The van der Waals surface area contributed by atoms with Crippen LogP contribution in [0.4, 0.5) is 10.5 Å². The summed E-state index contributed by atoms with van der Waals surface area (Å²) in [5, 5.41) is 20.9. The van der Waals surface area contributed by atoms with E-state index in [0.717, 1.165) is 18.4 Å². The first-order valence-electron chi connectivity index (χ1n) is 10.1. The Morgan fingerprint density at radius 3 is 2.47 bits per heavy atom. The van der Waals surface area contributed by atoms with Gasteiger partial charge in [0.25, 0.3) is 0 Å². The molecule has 1 fully saturated rings. The van der Waals surface area contributed by atoms with E-state index < -0.39 is 11.9 Å². The van der Waals surface area contributed by atoms with Crippen LogP contribution in [0, 0.1) is 0 Å². The van der Waals surface area contributed by atoms with Gasteiger partial charge in [0, 0.05) is 45.8 Å². The van der Waals surface area contributed by atoms with Gasteiger partial charge >= 0.3 is 35.6 Å². The van der Waals surface area contributed by atoms with Crippen LogP contribution in [0.5, 0.6) is 0 Å². The number of nitrogens with one attached hydrogen (secondary N) is 4. The van der Waals surface area contributed by atoms with Crippen LogP contribution >= 0.6 is 23.2 Å². The minimum atomic E-state index is -1.44. The molecule has 11 heteroatoms. The summed E-state index contributed by atoms with van der Waals surface area (Å²) in [4.78, 5) is 38.3. The molecule has 1 saturated carbocycles. The van der Waals surface area contributed by atoms with Crippen LogP contribution in [-0.2, 0) is 11.3 Å². The Labute approximate surface area is 227 Å². The van der Waals surface area contributed by atoms with E-state index in [9.17, 15) is 19.5 Å². The number of aromatic amines is 1. The van der Waals surface area contributed by atoms with Crippen molar-refractivity contribution < 1.29 is 49.0 Å². The van der Waals surface area contributed by atoms with Crippen molar-refractivity contribution in [3.8, 4) is 0 Å². The molecule has 0 saturated heterocycles. The molecule has 2 aromatic carbocycles. The summed E-state index contributed by atoms with van der Waals surface area (Å²) in [7, 11) is 0. The summed E-state index contributed by atoms with van der Waals surface area (Å²) in [6, 6.07) is 10.1. The van der Waals surface area contributed by atoms with Gasteiger partial charge in [0.1, 0.15) is 0 Å². The summed E-state index contributed by atoms with van der Waals surface area (Å²) in [5.74, 6) is -1.90. The van der Waals surface area contributed by atoms with E-state index in [0.29, 0.717) is 28.2 Å². The normalized spacial score (nSPS) is 12.9. The van der Waals surface area contributed by atoms with Crippen molar-refractivity contribution in [3.05, 3.63) is 69.3 Å². The predicted octanol–water partition coefficient (Wildman–Crippen LogP) is 0.456. The van der Waals surface area contributed by atoms with Gasteiger partial charge in [-0.25, -0.2) is 4.79 Å². The molecule has 0 atom stereocenters. The van der Waals surface area contributed by atoms with Crippen molar-refractivity contribution in [2.75, 3.05) is 5.32 Å². The van der Waals surface area contributed by atoms with E-state index in [2.05, 4.69) is 20.9 Å². The number of carbonyl (C=O) groups excluding carboxylic acids is 3. The number of anilines is 1. The maximum atomic E-state index is 12.4. The molecule has 8 nitrogen and oxygen atoms in total. The number of H-pyrrole nitrogens is 1. The SMILES string of the molecule is O=C(/C=C/c1c(C(=O)[O-])[nH]c2cc(Cl)cc(Cl)c12)Nc1ccc(CNC(=O)NC2CC2)cc1.[Na+]. The fourth-order valence-electron chi connectivity index (χ4n) is 3.30. The number of carboxylic acids is 1. The molecule has 0 spiro atoms. The third kappa shape index (κ3) is 6.55. The van der Waals surface area contributed by atoms with Gasteiger partial charge in [-0.05, 0) is 48.7 Å². The number of aromatic carboxylic acids is 1. The third-order valence-electron chi connectivity index (χ3n) is 5.05. The van der Waals surface area contributed by atoms with Gasteiger partial charge in [0.2, 0.25) is 5.91 Å². The Bertz CT molecular complexity index is 1270. The van der Waals surface area contributed by atoms with Gasteiger partial charge in [0.15, 0.2) is 0 Å². The van der Waals surface area contributed by atoms with E-state index in [4.69, 9.17) is 23.2 Å². The standard InChI is InChI=1S/C23H20Cl2N4O4.Na/c24-13-9-17(25)20-16(21(22(31)32)29-18(20)10-13)7-8-19(30)27-14-3-1-12(2-4-14)11-26-23(33)28-15-5-6-15;/h1-4,7-10,15,29H,5-6,11H2,(H,27,30)(H,31,32)(H2,26,28,33);/q;+1/p-1/b8-7+;. The van der Waals surface area contributed by atoms with Crippen molar-refractivity contribution in [2.45, 2.75) is 25.4 Å². The number of carboxylic acid groups (broad SMARTS) is 1. The van der Waals surface area contributed by atoms with E-state index >= 15 is 0 Å². The number of urea groups is 1. The van der Waals surface area contributed by atoms with Crippen LogP contribution in [0.15, 0.2) is 42.5 Å². The van der Waals surface area contributed by atoms with Crippen LogP contribution in [0.1, 0.15) is 34.5 Å². The number of rotatable bonds is 7. The average molecular weight is 509 g/mol. The van der Waals surface area contributed by atoms with Gasteiger partial charge in [-0.2, -0.15) is 0 Å². The number of hydrogen-bond acceptors (Lipinski definition) is 4. The molecule has 4 N–H and O–H groups in total. The third-order valence-corrected chi connectivity index (χ3v) is 5.56. The van der Waals surface area contributed by atoms with Crippen molar-refractivity contribution in [3.63, 3.8) is 0 Å². The maximum absolute atomic E-state index is 12.4. The molecule has 3 aromatic rings. The second-order valence-electron chi connectivity index (χ2n) is 7.63. The molecule has 0 bridgehead atoms. The molecule has 3 amide bonds. The van der Waals surface area contributed by atoms with Gasteiger partial charge in [-0.3, -0.25) is 4.79 Å². The number of aromatic nitrogens is 1. The van der Waals surface area contributed by atoms with E-state index in [1.807, 2.05) is 0 Å². The second kappa shape index (κ2) is 11.3. The Morgan fingerprint density at radius 1 is 1.12 bits per heavy atom. The topological polar surface area (TPSA) is 126 Å². The van der Waals surface area contributed by atoms with E-state index in [1.165, 1.54) is 18.2 Å². The molecule has 0 unspecified atom stereocenters. The van der Waals surface area contributed by atoms with Crippen molar-refractivity contribution in [1.29, 1.82) is 0 Å². The Balaban J connectivity index is 0.00000324. The van der Waals surface area contributed by atoms with Crippen LogP contribution in [0.2, 0.25) is 10.0 Å². The Morgan fingerprint density at radius 2 is 1.82 bits per heavy atom. The first kappa shape index (κ1) is 26.1. The molecule has 0 aliphatic heterocycles. The fraction of sp³-hybridized carbons (Fsp3) is 0.174. The summed E-state index contributed by atoms with van der Waals surface area (Å²) >= 11 is 12.2. The average Bonchev–Trinajstić information content (AvgIpc) is 3.49. The second-order valence-corrected chi connectivity index (χ2v) is 8.48. The summed E-state index contributed by atoms with van der Waals surface area (Å²) in [6.45, 7) is 0.365. The van der Waals surface area contributed by atoms with Gasteiger partial charge in [-0.1, -0.05) is 35.3 Å². The largest absolute Gasteiger partial charge is 1.00 e. The fourth-order valence-corrected chi connectivity index (χ4v) is 3.89. The maximum Gasteiger partial charge on any atom is 1.00 e. The summed E-state index contributed by atoms with van der Waals surface area (Å²) in [6.07, 6.45) is 4.60. The molecule has 170 valence electrons. The number of amides is 3. The zero-order chi connectivity index (χ0) is 23.5. The summed E-state index contributed by atoms with van der Waals surface area (Å²) in [5.41, 5.74) is 1.84. The predicted molar refractivity (Wildman–Crippen MR) is 125 cm³/mol. The molecule has 1 heterocycles. The minimum absolute atomic E-state index is 0. The Kier molecular flexibility index (Phi) is 8.67. The molecular formula is C23H19Cl2N4NaO4. The number of benzene rings is 2. The van der Waals surface area contributed by atoms with Crippen molar-refractivity contribution in [2.24, 2.45) is 0 Å². The molecular weight excluding hydrogens is 490 g/mol. The number of fused-ring (bicyclic) bond motifs is 1. The van der Waals surface area contributed by atoms with Crippen LogP contribution in [0.3, 0.4) is 0 Å². The quantitative estimate of drug-likeness (QED) is 0.273. The molecule has 1 aliphatic carbocycles. The first-order chi connectivity index (χ1) is 15.8. The van der Waals surface area contributed by atoms with Crippen molar-refractivity contribution in [1.82, 2.24) is 15.6 Å². The number of halogens is 2. The van der Waals surface area contributed by atoms with Gasteiger partial charge in [0.05, 0.1) is 16.7 Å². The zero-order valence-electron chi connectivity index (χ0n) is 18.2. The molecule has 34 heavy (non-hydrogen) atoms. The van der Waals surface area contributed by atoms with Crippen LogP contribution in [0.25, 0.3) is 17.0 Å². The van der Waals surface area contributed by atoms with E-state index in [-0.39, 0.29) is 57.9 Å². The monoisotopic (exact) mass is 508 g/mol. The molecule has 1 aromatic heterocycles. The van der Waals surface area contributed by atoms with Crippen LogP contribution < -0.4 is 50.6 Å². The van der Waals surface area contributed by atoms with Gasteiger partial charge < -0.3 is 30.8 Å². The first-order valence-corrected chi connectivity index (χ1v) is 10.9.